The summed E-state index contributed by atoms with van der Waals surface area (Å²) in [6.07, 6.45) is 3.39. The van der Waals surface area contributed by atoms with E-state index >= 15 is 0 Å². The Hall–Kier alpha value is -2.30. The van der Waals surface area contributed by atoms with Gasteiger partial charge in [-0.2, -0.15) is 8.78 Å². The molecule has 0 aliphatic heterocycles. The lowest BCUT2D eigenvalue weighted by molar-refractivity contribution is -0.0498. The van der Waals surface area contributed by atoms with Crippen molar-refractivity contribution in [2.24, 2.45) is 0 Å². The summed E-state index contributed by atoms with van der Waals surface area (Å²) in [5, 5.41) is 0. The number of carbonyl (C=O) groups is 1. The molecule has 0 spiro atoms. The molecule has 0 N–H and O–H groups in total. The number of hydrogen-bond acceptors (Lipinski definition) is 3. The van der Waals surface area contributed by atoms with Crippen LogP contribution in [0.4, 0.5) is 8.78 Å². The number of ketones is 1. The van der Waals surface area contributed by atoms with Gasteiger partial charge in [-0.05, 0) is 29.8 Å². The second-order valence-electron chi connectivity index (χ2n) is 3.86. The number of nitrogens with zero attached hydrogens (tertiary/aromatic N) is 1. The molecule has 0 saturated carbocycles. The van der Waals surface area contributed by atoms with E-state index in [1.807, 2.05) is 0 Å². The lowest BCUT2D eigenvalue weighted by atomic mass is 10.0. The number of halogens is 2. The van der Waals surface area contributed by atoms with Crippen LogP contribution in [0.15, 0.2) is 48.8 Å². The molecule has 0 atom stereocenters. The van der Waals surface area contributed by atoms with Crippen LogP contribution in [0.2, 0.25) is 0 Å². The largest absolute Gasteiger partial charge is 0.435 e. The first-order valence-corrected chi connectivity index (χ1v) is 5.62. The van der Waals surface area contributed by atoms with E-state index in [4.69, 9.17) is 0 Å². The monoisotopic (exact) mass is 263 g/mol. The Morgan fingerprint density at radius 2 is 1.95 bits per heavy atom. The summed E-state index contributed by atoms with van der Waals surface area (Å²) >= 11 is 0. The SMILES string of the molecule is O=C(Cc1ccncc1)c1cccc(OC(F)F)c1. The highest BCUT2D eigenvalue weighted by atomic mass is 19.3. The van der Waals surface area contributed by atoms with Crippen molar-refractivity contribution in [3.8, 4) is 5.75 Å². The van der Waals surface area contributed by atoms with Crippen LogP contribution in [0.5, 0.6) is 5.75 Å². The van der Waals surface area contributed by atoms with Gasteiger partial charge in [0.2, 0.25) is 0 Å². The molecule has 0 bridgehead atoms. The third-order valence-electron chi connectivity index (χ3n) is 2.50. The molecule has 0 fully saturated rings. The predicted molar refractivity (Wildman–Crippen MR) is 65.3 cm³/mol. The third-order valence-corrected chi connectivity index (χ3v) is 2.50. The Balaban J connectivity index is 2.11. The minimum Gasteiger partial charge on any atom is -0.435 e. The zero-order chi connectivity index (χ0) is 13.7. The van der Waals surface area contributed by atoms with Gasteiger partial charge in [0.1, 0.15) is 5.75 Å². The number of Topliss-reactive ketones (excluding diaryl/α,β-unsaturated/α-hetero) is 1. The zero-order valence-corrected chi connectivity index (χ0v) is 9.92. The lowest BCUT2D eigenvalue weighted by Gasteiger charge is -2.06. The first-order chi connectivity index (χ1) is 9.15. The van der Waals surface area contributed by atoms with E-state index in [9.17, 15) is 13.6 Å². The van der Waals surface area contributed by atoms with Crippen molar-refractivity contribution in [3.63, 3.8) is 0 Å². The van der Waals surface area contributed by atoms with Gasteiger partial charge < -0.3 is 4.74 Å². The maximum Gasteiger partial charge on any atom is 0.387 e. The maximum atomic E-state index is 12.1. The van der Waals surface area contributed by atoms with E-state index in [0.29, 0.717) is 5.56 Å². The molecule has 1 heterocycles. The van der Waals surface area contributed by atoms with Crippen molar-refractivity contribution in [3.05, 3.63) is 59.9 Å². The number of rotatable bonds is 5. The Morgan fingerprint density at radius 1 is 1.21 bits per heavy atom. The van der Waals surface area contributed by atoms with Crippen molar-refractivity contribution in [2.45, 2.75) is 13.0 Å². The highest BCUT2D eigenvalue weighted by molar-refractivity contribution is 5.97. The standard InChI is InChI=1S/C14H11F2NO2/c15-14(16)19-12-3-1-2-11(9-12)13(18)8-10-4-6-17-7-5-10/h1-7,9,14H,8H2. The highest BCUT2D eigenvalue weighted by Crippen LogP contribution is 2.17. The second-order valence-corrected chi connectivity index (χ2v) is 3.86. The van der Waals surface area contributed by atoms with Crippen LogP contribution in [0, 0.1) is 0 Å². The Morgan fingerprint density at radius 3 is 2.63 bits per heavy atom. The zero-order valence-electron chi connectivity index (χ0n) is 9.92. The summed E-state index contributed by atoms with van der Waals surface area (Å²) in [5.74, 6) is -0.179. The van der Waals surface area contributed by atoms with Crippen molar-refractivity contribution >= 4 is 5.78 Å². The van der Waals surface area contributed by atoms with Gasteiger partial charge in [0.15, 0.2) is 5.78 Å². The maximum absolute atomic E-state index is 12.1. The molecule has 5 heteroatoms. The molecule has 1 aromatic heterocycles. The van der Waals surface area contributed by atoms with Gasteiger partial charge in [0, 0.05) is 24.4 Å². The average molecular weight is 263 g/mol. The molecule has 0 unspecified atom stereocenters. The number of benzene rings is 1. The number of ether oxygens (including phenoxy) is 1. The van der Waals surface area contributed by atoms with Gasteiger partial charge in [-0.1, -0.05) is 12.1 Å². The van der Waals surface area contributed by atoms with Crippen LogP contribution in [0.3, 0.4) is 0 Å². The molecule has 2 aromatic rings. The van der Waals surface area contributed by atoms with E-state index in [-0.39, 0.29) is 18.0 Å². The van der Waals surface area contributed by atoms with E-state index in [1.165, 1.54) is 18.2 Å². The summed E-state index contributed by atoms with van der Waals surface area (Å²) < 4.78 is 28.4. The van der Waals surface area contributed by atoms with Gasteiger partial charge in [0.25, 0.3) is 0 Å². The Labute approximate surface area is 108 Å². The normalized spacial score (nSPS) is 10.5. The molecule has 0 aliphatic rings. The molecule has 1 aromatic carbocycles. The van der Waals surface area contributed by atoms with E-state index in [0.717, 1.165) is 5.56 Å². The van der Waals surface area contributed by atoms with Crippen molar-refractivity contribution in [2.75, 3.05) is 0 Å². The molecule has 2 rings (SSSR count). The van der Waals surface area contributed by atoms with E-state index < -0.39 is 6.61 Å². The van der Waals surface area contributed by atoms with Crippen LogP contribution >= 0.6 is 0 Å². The van der Waals surface area contributed by atoms with Crippen molar-refractivity contribution in [1.29, 1.82) is 0 Å². The summed E-state index contributed by atoms with van der Waals surface area (Å²) in [5.41, 5.74) is 1.16. The summed E-state index contributed by atoms with van der Waals surface area (Å²) in [7, 11) is 0. The summed E-state index contributed by atoms with van der Waals surface area (Å²) in [6, 6.07) is 9.25. The molecule has 0 saturated heterocycles. The lowest BCUT2D eigenvalue weighted by Crippen LogP contribution is -2.06. The Bertz CT molecular complexity index is 558. The van der Waals surface area contributed by atoms with Crippen LogP contribution in [-0.2, 0) is 6.42 Å². The van der Waals surface area contributed by atoms with Gasteiger partial charge in [-0.3, -0.25) is 9.78 Å². The summed E-state index contributed by atoms with van der Waals surface area (Å²) in [4.78, 5) is 15.8. The van der Waals surface area contributed by atoms with Gasteiger partial charge in [-0.15, -0.1) is 0 Å². The van der Waals surface area contributed by atoms with Gasteiger partial charge in [0.05, 0.1) is 0 Å². The van der Waals surface area contributed by atoms with E-state index in [1.54, 1.807) is 30.6 Å². The van der Waals surface area contributed by atoms with Crippen LogP contribution < -0.4 is 4.74 Å². The first-order valence-electron chi connectivity index (χ1n) is 5.62. The molecule has 3 nitrogen and oxygen atoms in total. The number of hydrogen-bond donors (Lipinski definition) is 0. The topological polar surface area (TPSA) is 39.2 Å². The second kappa shape index (κ2) is 6.04. The van der Waals surface area contributed by atoms with Crippen LogP contribution in [-0.4, -0.2) is 17.4 Å². The quantitative estimate of drug-likeness (QED) is 0.778. The Kier molecular flexibility index (Phi) is 4.18. The first kappa shape index (κ1) is 13.1. The number of aromatic nitrogens is 1. The fraction of sp³-hybridized carbons (Fsp3) is 0.143. The molecule has 0 aliphatic carbocycles. The average Bonchev–Trinajstić information content (AvgIpc) is 2.39. The molecule has 98 valence electrons. The number of carbonyl (C=O) groups excluding carboxylic acids is 1. The minimum atomic E-state index is -2.90. The van der Waals surface area contributed by atoms with Crippen LogP contribution in [0.1, 0.15) is 15.9 Å². The van der Waals surface area contributed by atoms with Crippen molar-refractivity contribution < 1.29 is 18.3 Å². The third kappa shape index (κ3) is 3.84. The fourth-order valence-electron chi connectivity index (χ4n) is 1.63. The molecule has 0 amide bonds. The van der Waals surface area contributed by atoms with Crippen molar-refractivity contribution in [1.82, 2.24) is 4.98 Å². The minimum absolute atomic E-state index is 0.0180. The van der Waals surface area contributed by atoms with Gasteiger partial charge >= 0.3 is 6.61 Å². The highest BCUT2D eigenvalue weighted by Gasteiger charge is 2.10. The number of pyridine rings is 1. The smallest absolute Gasteiger partial charge is 0.387 e. The summed E-state index contributed by atoms with van der Waals surface area (Å²) in [6.45, 7) is -2.90. The molecule has 19 heavy (non-hydrogen) atoms. The van der Waals surface area contributed by atoms with Crippen LogP contribution in [0.25, 0.3) is 0 Å². The predicted octanol–water partition coefficient (Wildman–Crippen LogP) is 3.11. The number of alkyl halides is 2. The molecular formula is C14H11F2NO2. The molecule has 0 radical (unpaired) electrons. The van der Waals surface area contributed by atoms with E-state index in [2.05, 4.69) is 9.72 Å². The fourth-order valence-corrected chi connectivity index (χ4v) is 1.63. The molecular weight excluding hydrogens is 252 g/mol. The van der Waals surface area contributed by atoms with Gasteiger partial charge in [-0.25, -0.2) is 0 Å².